The van der Waals surface area contributed by atoms with Crippen LogP contribution in [0.5, 0.6) is 11.5 Å². The van der Waals surface area contributed by atoms with Gasteiger partial charge in [-0.3, -0.25) is 0 Å². The van der Waals surface area contributed by atoms with E-state index >= 15 is 0 Å². The van der Waals surface area contributed by atoms with Crippen molar-refractivity contribution < 1.29 is 4.74 Å². The van der Waals surface area contributed by atoms with Gasteiger partial charge in [-0.15, -0.1) is 0 Å². The molecule has 2 aromatic rings. The van der Waals surface area contributed by atoms with Crippen molar-refractivity contribution in [3.8, 4) is 11.5 Å². The molecule has 2 aliphatic rings. The number of hydrogen-bond donors (Lipinski definition) is 0. The second kappa shape index (κ2) is 4.53. The average Bonchev–Trinajstić information content (AvgIpc) is 2.61. The van der Waals surface area contributed by atoms with E-state index in [4.69, 9.17) is 4.74 Å². The summed E-state index contributed by atoms with van der Waals surface area (Å²) < 4.78 is 6.17. The highest BCUT2D eigenvalue weighted by molar-refractivity contribution is 5.64. The maximum absolute atomic E-state index is 6.17. The van der Waals surface area contributed by atoms with Gasteiger partial charge < -0.3 is 14.5 Å². The summed E-state index contributed by atoms with van der Waals surface area (Å²) in [4.78, 5) is 4.88. The predicted octanol–water partition coefficient (Wildman–Crippen LogP) is 3.29. The highest BCUT2D eigenvalue weighted by Crippen LogP contribution is 2.44. The number of anilines is 1. The number of hydrogen-bond acceptors (Lipinski definition) is 3. The maximum atomic E-state index is 6.17. The Morgan fingerprint density at radius 1 is 0.950 bits per heavy atom. The first kappa shape index (κ1) is 11.8. The van der Waals surface area contributed by atoms with Crippen LogP contribution in [-0.2, 0) is 0 Å². The van der Waals surface area contributed by atoms with Gasteiger partial charge in [0, 0.05) is 25.2 Å². The molecule has 0 aliphatic carbocycles. The number of fused-ring (bicyclic) bond motifs is 5. The Bertz CT molecular complexity index is 640. The quantitative estimate of drug-likeness (QED) is 0.727. The fraction of sp³-hybridized carbons (Fsp3) is 0.294. The van der Waals surface area contributed by atoms with E-state index in [1.165, 1.54) is 11.3 Å². The van der Waals surface area contributed by atoms with Crippen molar-refractivity contribution in [3.63, 3.8) is 0 Å². The molecule has 0 aromatic heterocycles. The van der Waals surface area contributed by atoms with Crippen LogP contribution in [0.4, 0.5) is 5.69 Å². The fourth-order valence-corrected chi connectivity index (χ4v) is 3.22. The smallest absolute Gasteiger partial charge is 0.150 e. The minimum Gasteiger partial charge on any atom is -0.455 e. The molecule has 20 heavy (non-hydrogen) atoms. The number of nitrogens with zero attached hydrogens (tertiary/aromatic N) is 2. The van der Waals surface area contributed by atoms with Crippen LogP contribution in [-0.4, -0.2) is 31.6 Å². The predicted molar refractivity (Wildman–Crippen MR) is 80.5 cm³/mol. The average molecular weight is 266 g/mol. The largest absolute Gasteiger partial charge is 0.455 e. The van der Waals surface area contributed by atoms with Crippen LogP contribution in [0.3, 0.4) is 0 Å². The minimum atomic E-state index is 0.369. The molecular formula is C17H18N2O. The van der Waals surface area contributed by atoms with E-state index < -0.39 is 0 Å². The van der Waals surface area contributed by atoms with E-state index in [1.54, 1.807) is 0 Å². The molecule has 2 heterocycles. The number of rotatable bonds is 0. The summed E-state index contributed by atoms with van der Waals surface area (Å²) in [6.45, 7) is 3.16. The molecule has 1 saturated heterocycles. The fourth-order valence-electron chi connectivity index (χ4n) is 3.22. The second-order valence-electron chi connectivity index (χ2n) is 5.58. The van der Waals surface area contributed by atoms with E-state index in [9.17, 15) is 0 Å². The Balaban J connectivity index is 1.90. The molecular weight excluding hydrogens is 248 g/mol. The SMILES string of the molecule is CN1CCN2c3ccccc3Oc3ccccc3C2C1. The first-order valence-corrected chi connectivity index (χ1v) is 7.14. The number of benzene rings is 2. The van der Waals surface area contributed by atoms with Crippen LogP contribution in [0.15, 0.2) is 48.5 Å². The molecule has 2 aromatic carbocycles. The first-order chi connectivity index (χ1) is 9.83. The molecule has 3 nitrogen and oxygen atoms in total. The second-order valence-corrected chi connectivity index (χ2v) is 5.58. The van der Waals surface area contributed by atoms with Crippen LogP contribution in [0.2, 0.25) is 0 Å². The van der Waals surface area contributed by atoms with E-state index in [0.717, 1.165) is 31.1 Å². The Labute approximate surface area is 119 Å². The Morgan fingerprint density at radius 2 is 1.70 bits per heavy atom. The van der Waals surface area contributed by atoms with Crippen LogP contribution in [0.25, 0.3) is 0 Å². The lowest BCUT2D eigenvalue weighted by atomic mass is 10.0. The van der Waals surface area contributed by atoms with Crippen molar-refractivity contribution in [2.45, 2.75) is 6.04 Å². The molecule has 4 rings (SSSR count). The lowest BCUT2D eigenvalue weighted by molar-refractivity contribution is 0.269. The highest BCUT2D eigenvalue weighted by Gasteiger charge is 2.32. The molecule has 2 aliphatic heterocycles. The highest BCUT2D eigenvalue weighted by atomic mass is 16.5. The Kier molecular flexibility index (Phi) is 2.67. The first-order valence-electron chi connectivity index (χ1n) is 7.14. The van der Waals surface area contributed by atoms with Crippen LogP contribution >= 0.6 is 0 Å². The molecule has 0 saturated carbocycles. The molecule has 0 radical (unpaired) electrons. The summed E-state index contributed by atoms with van der Waals surface area (Å²) in [5.41, 5.74) is 2.50. The molecule has 1 fully saturated rings. The van der Waals surface area contributed by atoms with E-state index in [2.05, 4.69) is 53.2 Å². The zero-order chi connectivity index (χ0) is 13.5. The van der Waals surface area contributed by atoms with Gasteiger partial charge in [0.2, 0.25) is 0 Å². The third-order valence-electron chi connectivity index (χ3n) is 4.26. The number of piperazine rings is 1. The van der Waals surface area contributed by atoms with Gasteiger partial charge in [-0.1, -0.05) is 30.3 Å². The molecule has 102 valence electrons. The minimum absolute atomic E-state index is 0.369. The van der Waals surface area contributed by atoms with Crippen molar-refractivity contribution in [3.05, 3.63) is 54.1 Å². The standard InChI is InChI=1S/C17H18N2O/c1-18-10-11-19-14-7-3-5-9-17(14)20-16-8-4-2-6-13(16)15(19)12-18/h2-9,15H,10-12H2,1H3. The summed E-state index contributed by atoms with van der Waals surface area (Å²) >= 11 is 0. The van der Waals surface area contributed by atoms with Gasteiger partial charge in [0.25, 0.3) is 0 Å². The van der Waals surface area contributed by atoms with Gasteiger partial charge >= 0.3 is 0 Å². The van der Waals surface area contributed by atoms with Crippen molar-refractivity contribution in [1.29, 1.82) is 0 Å². The van der Waals surface area contributed by atoms with Gasteiger partial charge in [-0.25, -0.2) is 0 Å². The number of likely N-dealkylation sites (N-methyl/N-ethyl adjacent to an activating group) is 1. The molecule has 0 spiro atoms. The van der Waals surface area contributed by atoms with Gasteiger partial charge in [0.1, 0.15) is 5.75 Å². The summed E-state index contributed by atoms with van der Waals surface area (Å²) in [5.74, 6) is 1.95. The van der Waals surface area contributed by atoms with Gasteiger partial charge in [0.05, 0.1) is 11.7 Å². The van der Waals surface area contributed by atoms with Gasteiger partial charge in [-0.05, 0) is 25.2 Å². The molecule has 0 bridgehead atoms. The van der Waals surface area contributed by atoms with E-state index in [-0.39, 0.29) is 0 Å². The zero-order valence-corrected chi connectivity index (χ0v) is 11.6. The van der Waals surface area contributed by atoms with Crippen molar-refractivity contribution >= 4 is 5.69 Å². The maximum Gasteiger partial charge on any atom is 0.150 e. The third kappa shape index (κ3) is 1.78. The Morgan fingerprint density at radius 3 is 2.60 bits per heavy atom. The zero-order valence-electron chi connectivity index (χ0n) is 11.6. The third-order valence-corrected chi connectivity index (χ3v) is 4.26. The van der Waals surface area contributed by atoms with E-state index in [0.29, 0.717) is 6.04 Å². The topological polar surface area (TPSA) is 15.7 Å². The normalized spacial score (nSPS) is 21.2. The van der Waals surface area contributed by atoms with Gasteiger partial charge in [-0.2, -0.15) is 0 Å². The van der Waals surface area contributed by atoms with Crippen molar-refractivity contribution in [2.75, 3.05) is 31.6 Å². The molecule has 0 N–H and O–H groups in total. The molecule has 3 heteroatoms. The number of ether oxygens (including phenoxy) is 1. The molecule has 1 atom stereocenters. The lowest BCUT2D eigenvalue weighted by Crippen LogP contribution is -2.46. The van der Waals surface area contributed by atoms with Crippen LogP contribution in [0, 0.1) is 0 Å². The van der Waals surface area contributed by atoms with Crippen molar-refractivity contribution in [2.24, 2.45) is 0 Å². The molecule has 1 unspecified atom stereocenters. The van der Waals surface area contributed by atoms with E-state index in [1.807, 2.05) is 12.1 Å². The lowest BCUT2D eigenvalue weighted by Gasteiger charge is -2.40. The summed E-state index contributed by atoms with van der Waals surface area (Å²) in [6.07, 6.45) is 0. The number of para-hydroxylation sites is 3. The van der Waals surface area contributed by atoms with Crippen molar-refractivity contribution in [1.82, 2.24) is 4.90 Å². The van der Waals surface area contributed by atoms with Gasteiger partial charge in [0.15, 0.2) is 5.75 Å². The summed E-state index contributed by atoms with van der Waals surface area (Å²) in [5, 5.41) is 0. The summed E-state index contributed by atoms with van der Waals surface area (Å²) in [6, 6.07) is 17.1. The van der Waals surface area contributed by atoms with Crippen LogP contribution in [0.1, 0.15) is 11.6 Å². The Hall–Kier alpha value is -2.00. The molecule has 0 amide bonds. The monoisotopic (exact) mass is 266 g/mol. The summed E-state index contributed by atoms with van der Waals surface area (Å²) in [7, 11) is 2.19. The van der Waals surface area contributed by atoms with Crippen LogP contribution < -0.4 is 9.64 Å².